The highest BCUT2D eigenvalue weighted by Crippen LogP contribution is 2.19. The highest BCUT2D eigenvalue weighted by molar-refractivity contribution is 7.80. The Hall–Kier alpha value is -1.62. The van der Waals surface area contributed by atoms with Crippen molar-refractivity contribution in [2.75, 3.05) is 13.2 Å². The highest BCUT2D eigenvalue weighted by Gasteiger charge is 2.23. The molecule has 0 spiro atoms. The monoisotopic (exact) mass is 292 g/mol. The van der Waals surface area contributed by atoms with Crippen LogP contribution in [0.3, 0.4) is 0 Å². The van der Waals surface area contributed by atoms with E-state index in [1.807, 2.05) is 17.0 Å². The number of hydrogen-bond acceptors (Lipinski definition) is 3. The van der Waals surface area contributed by atoms with Crippen LogP contribution in [-0.4, -0.2) is 35.0 Å². The van der Waals surface area contributed by atoms with Crippen molar-refractivity contribution in [3.8, 4) is 5.75 Å². The lowest BCUT2D eigenvalue weighted by Gasteiger charge is -2.33. The van der Waals surface area contributed by atoms with Crippen molar-refractivity contribution < 1.29 is 9.53 Å². The Kier molecular flexibility index (Phi) is 4.95. The van der Waals surface area contributed by atoms with E-state index in [2.05, 4.69) is 6.92 Å². The minimum Gasteiger partial charge on any atom is -0.483 e. The number of carbonyl (C=O) groups excluding carboxylic acids is 1. The third-order valence-corrected chi connectivity index (χ3v) is 3.85. The zero-order valence-electron chi connectivity index (χ0n) is 11.7. The van der Waals surface area contributed by atoms with Gasteiger partial charge in [0.25, 0.3) is 5.91 Å². The van der Waals surface area contributed by atoms with Gasteiger partial charge in [0.15, 0.2) is 6.61 Å². The van der Waals surface area contributed by atoms with Crippen molar-refractivity contribution in [1.82, 2.24) is 4.90 Å². The molecule has 1 atom stereocenters. The average molecular weight is 292 g/mol. The van der Waals surface area contributed by atoms with Crippen LogP contribution in [0.15, 0.2) is 24.3 Å². The number of ether oxygens (including phenoxy) is 1. The molecule has 1 aromatic rings. The van der Waals surface area contributed by atoms with Crippen molar-refractivity contribution >= 4 is 23.1 Å². The predicted molar refractivity (Wildman–Crippen MR) is 82.9 cm³/mol. The summed E-state index contributed by atoms with van der Waals surface area (Å²) in [5.41, 5.74) is 6.31. The largest absolute Gasteiger partial charge is 0.483 e. The fourth-order valence-electron chi connectivity index (χ4n) is 2.49. The number of rotatable bonds is 4. The molecule has 108 valence electrons. The molecule has 0 aliphatic carbocycles. The van der Waals surface area contributed by atoms with Crippen molar-refractivity contribution in [2.45, 2.75) is 32.2 Å². The van der Waals surface area contributed by atoms with Gasteiger partial charge in [0, 0.05) is 12.6 Å². The predicted octanol–water partition coefficient (Wildman–Crippen LogP) is 2.10. The maximum Gasteiger partial charge on any atom is 0.260 e. The normalized spacial score (nSPS) is 18.6. The third kappa shape index (κ3) is 3.48. The summed E-state index contributed by atoms with van der Waals surface area (Å²) in [6.45, 7) is 2.93. The summed E-state index contributed by atoms with van der Waals surface area (Å²) in [6, 6.07) is 7.55. The van der Waals surface area contributed by atoms with Gasteiger partial charge in [-0.05, 0) is 38.3 Å². The molecular formula is C15H20N2O2S. The number of piperidine rings is 1. The summed E-state index contributed by atoms with van der Waals surface area (Å²) in [5, 5.41) is 0. The van der Waals surface area contributed by atoms with Crippen molar-refractivity contribution in [3.05, 3.63) is 29.8 Å². The van der Waals surface area contributed by atoms with Gasteiger partial charge in [0.2, 0.25) is 0 Å². The average Bonchev–Trinajstić information content (AvgIpc) is 2.45. The van der Waals surface area contributed by atoms with Gasteiger partial charge in [-0.25, -0.2) is 0 Å². The van der Waals surface area contributed by atoms with Crippen LogP contribution in [0.25, 0.3) is 0 Å². The first kappa shape index (κ1) is 14.8. The van der Waals surface area contributed by atoms with Crippen molar-refractivity contribution in [3.63, 3.8) is 0 Å². The summed E-state index contributed by atoms with van der Waals surface area (Å²) in [6.07, 6.45) is 3.32. The van der Waals surface area contributed by atoms with Crippen LogP contribution in [0.4, 0.5) is 0 Å². The molecule has 1 aliphatic rings. The second kappa shape index (κ2) is 6.70. The summed E-state index contributed by atoms with van der Waals surface area (Å²) in [7, 11) is 0. The molecule has 1 unspecified atom stereocenters. The molecule has 1 fully saturated rings. The standard InChI is InChI=1S/C15H20N2O2S/c1-11-6-4-5-9-17(11)14(18)10-19-13-8-3-2-7-12(13)15(16)20/h2-3,7-8,11H,4-6,9-10H2,1H3,(H2,16,20). The number of carbonyl (C=O) groups is 1. The Morgan fingerprint density at radius 1 is 1.45 bits per heavy atom. The number of nitrogens with two attached hydrogens (primary N) is 1. The maximum atomic E-state index is 12.2. The van der Waals surface area contributed by atoms with Crippen LogP contribution in [0.1, 0.15) is 31.7 Å². The van der Waals surface area contributed by atoms with E-state index in [1.54, 1.807) is 12.1 Å². The molecule has 1 aliphatic heterocycles. The minimum absolute atomic E-state index is 0.0231. The first-order valence-corrected chi connectivity index (χ1v) is 7.31. The molecule has 4 nitrogen and oxygen atoms in total. The van der Waals surface area contributed by atoms with Gasteiger partial charge in [0.1, 0.15) is 10.7 Å². The van der Waals surface area contributed by atoms with Crippen LogP contribution >= 0.6 is 12.2 Å². The summed E-state index contributed by atoms with van der Waals surface area (Å²) < 4.78 is 5.60. The zero-order chi connectivity index (χ0) is 14.5. The number of amides is 1. The van der Waals surface area contributed by atoms with Crippen LogP contribution in [0.5, 0.6) is 5.75 Å². The SMILES string of the molecule is CC1CCCCN1C(=O)COc1ccccc1C(N)=S. The van der Waals surface area contributed by atoms with Gasteiger partial charge in [0.05, 0.1) is 5.56 Å². The van der Waals surface area contributed by atoms with Gasteiger partial charge in [-0.2, -0.15) is 0 Å². The van der Waals surface area contributed by atoms with Gasteiger partial charge >= 0.3 is 0 Å². The lowest BCUT2D eigenvalue weighted by atomic mass is 10.0. The van der Waals surface area contributed by atoms with E-state index in [-0.39, 0.29) is 17.5 Å². The van der Waals surface area contributed by atoms with E-state index >= 15 is 0 Å². The molecule has 0 aromatic heterocycles. The van der Waals surface area contributed by atoms with Gasteiger partial charge < -0.3 is 15.4 Å². The highest BCUT2D eigenvalue weighted by atomic mass is 32.1. The molecule has 0 radical (unpaired) electrons. The molecule has 1 aromatic carbocycles. The van der Waals surface area contributed by atoms with Gasteiger partial charge in [-0.15, -0.1) is 0 Å². The summed E-state index contributed by atoms with van der Waals surface area (Å²) in [4.78, 5) is 14.4. The molecule has 2 rings (SSSR count). The van der Waals surface area contributed by atoms with E-state index in [0.717, 1.165) is 19.4 Å². The number of nitrogens with zero attached hydrogens (tertiary/aromatic N) is 1. The van der Waals surface area contributed by atoms with Crippen LogP contribution in [-0.2, 0) is 4.79 Å². The molecule has 1 amide bonds. The first-order chi connectivity index (χ1) is 9.59. The Morgan fingerprint density at radius 3 is 2.90 bits per heavy atom. The third-order valence-electron chi connectivity index (χ3n) is 3.63. The van der Waals surface area contributed by atoms with Gasteiger partial charge in [-0.3, -0.25) is 4.79 Å². The van der Waals surface area contributed by atoms with Crippen LogP contribution in [0.2, 0.25) is 0 Å². The maximum absolute atomic E-state index is 12.2. The number of thiocarbonyl (C=S) groups is 1. The smallest absolute Gasteiger partial charge is 0.260 e. The molecule has 20 heavy (non-hydrogen) atoms. The van der Waals surface area contributed by atoms with Gasteiger partial charge in [-0.1, -0.05) is 24.4 Å². The van der Waals surface area contributed by atoms with E-state index < -0.39 is 0 Å². The number of hydrogen-bond donors (Lipinski definition) is 1. The molecular weight excluding hydrogens is 272 g/mol. The van der Waals surface area contributed by atoms with Crippen molar-refractivity contribution in [2.24, 2.45) is 5.73 Å². The number of benzene rings is 1. The molecule has 5 heteroatoms. The van der Waals surface area contributed by atoms with E-state index in [9.17, 15) is 4.79 Å². The second-order valence-electron chi connectivity index (χ2n) is 5.08. The Balaban J connectivity index is 1.98. The number of likely N-dealkylation sites (tertiary alicyclic amines) is 1. The van der Waals surface area contributed by atoms with E-state index in [1.165, 1.54) is 6.42 Å². The second-order valence-corrected chi connectivity index (χ2v) is 5.52. The minimum atomic E-state index is 0.0231. The van der Waals surface area contributed by atoms with E-state index in [0.29, 0.717) is 17.4 Å². The topological polar surface area (TPSA) is 55.6 Å². The quantitative estimate of drug-likeness (QED) is 0.864. The first-order valence-electron chi connectivity index (χ1n) is 6.90. The molecule has 0 saturated carbocycles. The zero-order valence-corrected chi connectivity index (χ0v) is 12.5. The summed E-state index contributed by atoms with van der Waals surface area (Å²) in [5.74, 6) is 0.591. The Labute approximate surface area is 124 Å². The molecule has 1 saturated heterocycles. The summed E-state index contributed by atoms with van der Waals surface area (Å²) >= 11 is 4.98. The van der Waals surface area contributed by atoms with Crippen LogP contribution < -0.4 is 10.5 Å². The fourth-order valence-corrected chi connectivity index (χ4v) is 2.66. The Bertz CT molecular complexity index is 504. The molecule has 1 heterocycles. The number of para-hydroxylation sites is 1. The lowest BCUT2D eigenvalue weighted by molar-refractivity contribution is -0.136. The van der Waals surface area contributed by atoms with Crippen LogP contribution in [0, 0.1) is 0 Å². The fraction of sp³-hybridized carbons (Fsp3) is 0.467. The Morgan fingerprint density at radius 2 is 2.20 bits per heavy atom. The molecule has 2 N–H and O–H groups in total. The van der Waals surface area contributed by atoms with Crippen molar-refractivity contribution in [1.29, 1.82) is 0 Å². The lowest BCUT2D eigenvalue weighted by Crippen LogP contribution is -2.44. The van der Waals surface area contributed by atoms with E-state index in [4.69, 9.17) is 22.7 Å². The molecule has 0 bridgehead atoms.